The molecule has 0 atom stereocenters. The van der Waals surface area contributed by atoms with Crippen molar-refractivity contribution < 1.29 is 18.8 Å². The van der Waals surface area contributed by atoms with Gasteiger partial charge in [-0.1, -0.05) is 12.1 Å². The quantitative estimate of drug-likeness (QED) is 0.700. The Bertz CT molecular complexity index is 925. The minimum absolute atomic E-state index is 0.247. The molecule has 0 aliphatic rings. The second-order valence-corrected chi connectivity index (χ2v) is 5.29. The first-order chi connectivity index (χ1) is 12.1. The van der Waals surface area contributed by atoms with E-state index < -0.39 is 5.91 Å². The lowest BCUT2D eigenvalue weighted by Gasteiger charge is -2.06. The van der Waals surface area contributed by atoms with E-state index in [0.717, 1.165) is 5.56 Å². The summed E-state index contributed by atoms with van der Waals surface area (Å²) in [5, 5.41) is 2.74. The maximum Gasteiger partial charge on any atom is 0.255 e. The highest BCUT2D eigenvalue weighted by Crippen LogP contribution is 2.22. The molecule has 0 saturated carbocycles. The molecule has 6 heteroatoms. The number of hydrogen-bond donors (Lipinski definition) is 2. The number of benzene rings is 2. The van der Waals surface area contributed by atoms with Crippen molar-refractivity contribution >= 4 is 23.8 Å². The Morgan fingerprint density at radius 1 is 0.880 bits per heavy atom. The fourth-order valence-corrected chi connectivity index (χ4v) is 2.28. The fourth-order valence-electron chi connectivity index (χ4n) is 2.28. The Morgan fingerprint density at radius 3 is 2.08 bits per heavy atom. The predicted octanol–water partition coefficient (Wildman–Crippen LogP) is 3.11. The Labute approximate surface area is 143 Å². The van der Waals surface area contributed by atoms with Crippen molar-refractivity contribution in [3.05, 3.63) is 77.6 Å². The number of rotatable bonds is 5. The van der Waals surface area contributed by atoms with Crippen LogP contribution in [0, 0.1) is 0 Å². The van der Waals surface area contributed by atoms with Crippen molar-refractivity contribution in [2.75, 3.05) is 5.32 Å². The van der Waals surface area contributed by atoms with Crippen molar-refractivity contribution in [1.29, 1.82) is 0 Å². The number of nitrogens with two attached hydrogens (primary N) is 1. The fraction of sp³-hybridized carbons (Fsp3) is 0. The van der Waals surface area contributed by atoms with Crippen molar-refractivity contribution in [3.8, 4) is 11.3 Å². The van der Waals surface area contributed by atoms with Crippen LogP contribution in [0.15, 0.2) is 65.1 Å². The number of aldehydes is 1. The average Bonchev–Trinajstić information content (AvgIpc) is 3.11. The summed E-state index contributed by atoms with van der Waals surface area (Å²) in [6.45, 7) is 0. The third-order valence-electron chi connectivity index (χ3n) is 3.60. The third kappa shape index (κ3) is 3.64. The zero-order valence-electron chi connectivity index (χ0n) is 13.1. The molecule has 0 fully saturated rings. The molecule has 124 valence electrons. The van der Waals surface area contributed by atoms with E-state index in [9.17, 15) is 14.4 Å². The lowest BCUT2D eigenvalue weighted by molar-refractivity contribution is 0.0998. The van der Waals surface area contributed by atoms with Crippen LogP contribution in [0.3, 0.4) is 0 Å². The summed E-state index contributed by atoms with van der Waals surface area (Å²) >= 11 is 0. The molecule has 0 spiro atoms. The number of primary amides is 1. The second kappa shape index (κ2) is 6.84. The van der Waals surface area contributed by atoms with Gasteiger partial charge in [-0.15, -0.1) is 0 Å². The lowest BCUT2D eigenvalue weighted by Crippen LogP contribution is -2.13. The molecular formula is C19H14N2O4. The molecular weight excluding hydrogens is 320 g/mol. The molecule has 0 unspecified atom stereocenters. The maximum absolute atomic E-state index is 12.3. The summed E-state index contributed by atoms with van der Waals surface area (Å²) in [4.78, 5) is 33.9. The molecule has 0 bridgehead atoms. The smallest absolute Gasteiger partial charge is 0.255 e. The SMILES string of the molecule is NC(=O)c1ccc(NC(=O)c2ccc(-c3ccc(C=O)o3)cc2)cc1. The zero-order valence-corrected chi connectivity index (χ0v) is 13.1. The van der Waals surface area contributed by atoms with Crippen LogP contribution in [0.5, 0.6) is 0 Å². The van der Waals surface area contributed by atoms with Crippen molar-refractivity contribution in [1.82, 2.24) is 0 Å². The minimum atomic E-state index is -0.524. The van der Waals surface area contributed by atoms with Crippen LogP contribution in [0.1, 0.15) is 31.3 Å². The van der Waals surface area contributed by atoms with Gasteiger partial charge in [0, 0.05) is 22.4 Å². The first-order valence-electron chi connectivity index (χ1n) is 7.43. The van der Waals surface area contributed by atoms with Crippen LogP contribution >= 0.6 is 0 Å². The highest BCUT2D eigenvalue weighted by molar-refractivity contribution is 6.04. The number of nitrogens with one attached hydrogen (secondary N) is 1. The molecule has 1 aromatic heterocycles. The van der Waals surface area contributed by atoms with Crippen molar-refractivity contribution in [2.24, 2.45) is 5.73 Å². The molecule has 6 nitrogen and oxygen atoms in total. The standard InChI is InChI=1S/C19H14N2O4/c20-18(23)13-5-7-15(8-6-13)21-19(24)14-3-1-12(2-4-14)17-10-9-16(11-22)25-17/h1-11H,(H2,20,23)(H,21,24). The average molecular weight is 334 g/mol. The Morgan fingerprint density at radius 2 is 1.52 bits per heavy atom. The maximum atomic E-state index is 12.3. The number of hydrogen-bond acceptors (Lipinski definition) is 4. The van der Waals surface area contributed by atoms with E-state index in [4.69, 9.17) is 10.2 Å². The van der Waals surface area contributed by atoms with Gasteiger partial charge in [0.2, 0.25) is 5.91 Å². The van der Waals surface area contributed by atoms with Crippen LogP contribution in [0.25, 0.3) is 11.3 Å². The molecule has 2 amide bonds. The van der Waals surface area contributed by atoms with E-state index in [2.05, 4.69) is 5.32 Å². The van der Waals surface area contributed by atoms with E-state index >= 15 is 0 Å². The van der Waals surface area contributed by atoms with Gasteiger partial charge >= 0.3 is 0 Å². The Hall–Kier alpha value is -3.67. The van der Waals surface area contributed by atoms with E-state index in [1.54, 1.807) is 60.7 Å². The molecule has 1 heterocycles. The van der Waals surface area contributed by atoms with Gasteiger partial charge in [0.1, 0.15) is 5.76 Å². The molecule has 2 aromatic carbocycles. The van der Waals surface area contributed by atoms with E-state index in [0.29, 0.717) is 28.9 Å². The number of carbonyl (C=O) groups excluding carboxylic acids is 3. The first kappa shape index (κ1) is 16.2. The zero-order chi connectivity index (χ0) is 17.8. The molecule has 0 aliphatic carbocycles. The summed E-state index contributed by atoms with van der Waals surface area (Å²) < 4.78 is 5.34. The second-order valence-electron chi connectivity index (χ2n) is 5.29. The first-order valence-corrected chi connectivity index (χ1v) is 7.43. The van der Waals surface area contributed by atoms with Crippen LogP contribution in [0.2, 0.25) is 0 Å². The molecule has 0 saturated heterocycles. The van der Waals surface area contributed by atoms with Crippen LogP contribution in [-0.4, -0.2) is 18.1 Å². The molecule has 0 radical (unpaired) electrons. The molecule has 25 heavy (non-hydrogen) atoms. The van der Waals surface area contributed by atoms with E-state index in [1.165, 1.54) is 0 Å². The van der Waals surface area contributed by atoms with Gasteiger partial charge < -0.3 is 15.5 Å². The Balaban J connectivity index is 1.72. The minimum Gasteiger partial charge on any atom is -0.453 e. The van der Waals surface area contributed by atoms with Gasteiger partial charge in [-0.3, -0.25) is 14.4 Å². The van der Waals surface area contributed by atoms with Crippen molar-refractivity contribution in [2.45, 2.75) is 0 Å². The summed E-state index contributed by atoms with van der Waals surface area (Å²) in [5.74, 6) is -0.0112. The highest BCUT2D eigenvalue weighted by atomic mass is 16.3. The van der Waals surface area contributed by atoms with Gasteiger partial charge in [-0.25, -0.2) is 0 Å². The normalized spacial score (nSPS) is 10.2. The number of furan rings is 1. The van der Waals surface area contributed by atoms with Gasteiger partial charge in [0.25, 0.3) is 5.91 Å². The molecule has 3 aromatic rings. The summed E-state index contributed by atoms with van der Waals surface area (Å²) in [5.41, 5.74) is 7.33. The summed E-state index contributed by atoms with van der Waals surface area (Å²) in [6.07, 6.45) is 0.634. The molecule has 3 N–H and O–H groups in total. The van der Waals surface area contributed by atoms with Crippen LogP contribution in [0.4, 0.5) is 5.69 Å². The monoisotopic (exact) mass is 334 g/mol. The molecule has 3 rings (SSSR count). The molecule has 0 aliphatic heterocycles. The number of anilines is 1. The van der Waals surface area contributed by atoms with Crippen LogP contribution in [-0.2, 0) is 0 Å². The highest BCUT2D eigenvalue weighted by Gasteiger charge is 2.09. The largest absolute Gasteiger partial charge is 0.453 e. The van der Waals surface area contributed by atoms with Crippen LogP contribution < -0.4 is 11.1 Å². The van der Waals surface area contributed by atoms with E-state index in [1.807, 2.05) is 0 Å². The lowest BCUT2D eigenvalue weighted by atomic mass is 10.1. The van der Waals surface area contributed by atoms with Crippen molar-refractivity contribution in [3.63, 3.8) is 0 Å². The number of amides is 2. The van der Waals surface area contributed by atoms with Gasteiger partial charge in [-0.05, 0) is 48.5 Å². The van der Waals surface area contributed by atoms with Gasteiger partial charge in [-0.2, -0.15) is 0 Å². The summed E-state index contributed by atoms with van der Waals surface area (Å²) in [6, 6.07) is 16.4. The Kier molecular flexibility index (Phi) is 4.43. The van der Waals surface area contributed by atoms with Gasteiger partial charge in [0.05, 0.1) is 0 Å². The number of carbonyl (C=O) groups is 3. The predicted molar refractivity (Wildman–Crippen MR) is 92.4 cm³/mol. The van der Waals surface area contributed by atoms with Gasteiger partial charge in [0.15, 0.2) is 12.0 Å². The summed E-state index contributed by atoms with van der Waals surface area (Å²) in [7, 11) is 0. The third-order valence-corrected chi connectivity index (χ3v) is 3.60. The topological polar surface area (TPSA) is 102 Å². The van der Waals surface area contributed by atoms with E-state index in [-0.39, 0.29) is 11.7 Å².